The summed E-state index contributed by atoms with van der Waals surface area (Å²) in [5, 5.41) is 2.44. The molecule has 7 nitrogen and oxygen atoms in total. The molecule has 0 unspecified atom stereocenters. The molecule has 2 amide bonds. The van der Waals surface area contributed by atoms with Crippen LogP contribution in [0.15, 0.2) is 53.4 Å². The van der Waals surface area contributed by atoms with Crippen molar-refractivity contribution in [1.82, 2.24) is 4.72 Å². The van der Waals surface area contributed by atoms with E-state index < -0.39 is 22.0 Å². The van der Waals surface area contributed by atoms with Gasteiger partial charge in [0.2, 0.25) is 0 Å². The summed E-state index contributed by atoms with van der Waals surface area (Å²) in [6.07, 6.45) is 4.92. The molecule has 2 aromatic carbocycles. The third-order valence-corrected chi connectivity index (χ3v) is 6.09. The van der Waals surface area contributed by atoms with Crippen LogP contribution < -0.4 is 10.0 Å². The van der Waals surface area contributed by atoms with Gasteiger partial charge in [-0.25, -0.2) is 22.7 Å². The Kier molecular flexibility index (Phi) is 6.53. The minimum absolute atomic E-state index is 0.0111. The van der Waals surface area contributed by atoms with Gasteiger partial charge in [0.25, 0.3) is 10.0 Å². The first-order valence-electron chi connectivity index (χ1n) is 9.55. The summed E-state index contributed by atoms with van der Waals surface area (Å²) in [4.78, 5) is 24.5. The number of benzene rings is 2. The third kappa shape index (κ3) is 5.80. The molecule has 1 fully saturated rings. The first-order chi connectivity index (χ1) is 13.8. The van der Waals surface area contributed by atoms with Crippen LogP contribution >= 0.6 is 0 Å². The van der Waals surface area contributed by atoms with Crippen LogP contribution in [-0.4, -0.2) is 26.5 Å². The number of urea groups is 1. The number of hydrogen-bond donors (Lipinski definition) is 2. The van der Waals surface area contributed by atoms with Gasteiger partial charge >= 0.3 is 12.0 Å². The Labute approximate surface area is 170 Å². The van der Waals surface area contributed by atoms with Crippen LogP contribution in [-0.2, 0) is 14.8 Å². The lowest BCUT2D eigenvalue weighted by Gasteiger charge is -2.21. The Balaban J connectivity index is 1.62. The van der Waals surface area contributed by atoms with Crippen LogP contribution in [0.1, 0.15) is 48.0 Å². The highest BCUT2D eigenvalue weighted by Crippen LogP contribution is 2.22. The van der Waals surface area contributed by atoms with Gasteiger partial charge in [-0.15, -0.1) is 0 Å². The van der Waals surface area contributed by atoms with Gasteiger partial charge in [-0.2, -0.15) is 0 Å². The Morgan fingerprint density at radius 3 is 2.38 bits per heavy atom. The molecule has 0 heterocycles. The van der Waals surface area contributed by atoms with E-state index in [1.165, 1.54) is 18.2 Å². The first kappa shape index (κ1) is 20.9. The number of amides is 2. The van der Waals surface area contributed by atoms with E-state index in [-0.39, 0.29) is 11.0 Å². The van der Waals surface area contributed by atoms with Gasteiger partial charge in [-0.05, 0) is 62.9 Å². The lowest BCUT2D eigenvalue weighted by atomic mass is 9.98. The van der Waals surface area contributed by atoms with E-state index in [1.54, 1.807) is 30.3 Å². The number of nitrogens with one attached hydrogen (secondary N) is 2. The van der Waals surface area contributed by atoms with Crippen molar-refractivity contribution in [2.45, 2.75) is 50.0 Å². The summed E-state index contributed by atoms with van der Waals surface area (Å²) in [5.41, 5.74) is 1.50. The van der Waals surface area contributed by atoms with E-state index in [9.17, 15) is 18.0 Å². The summed E-state index contributed by atoms with van der Waals surface area (Å²) in [5.74, 6) is -0.451. The summed E-state index contributed by atoms with van der Waals surface area (Å²) < 4.78 is 32.1. The van der Waals surface area contributed by atoms with E-state index in [4.69, 9.17) is 4.74 Å². The molecule has 0 spiro atoms. The lowest BCUT2D eigenvalue weighted by Crippen LogP contribution is -2.34. The highest BCUT2D eigenvalue weighted by atomic mass is 32.2. The Bertz CT molecular complexity index is 980. The monoisotopic (exact) mass is 416 g/mol. The zero-order valence-electron chi connectivity index (χ0n) is 16.2. The number of carbonyl (C=O) groups excluding carboxylic acids is 2. The minimum Gasteiger partial charge on any atom is -0.459 e. The summed E-state index contributed by atoms with van der Waals surface area (Å²) in [6.45, 7) is 1.84. The zero-order valence-corrected chi connectivity index (χ0v) is 17.0. The van der Waals surface area contributed by atoms with Crippen LogP contribution in [0.25, 0.3) is 0 Å². The molecule has 2 aromatic rings. The molecular weight excluding hydrogens is 392 g/mol. The normalized spacial score (nSPS) is 14.8. The molecule has 0 atom stereocenters. The maximum absolute atomic E-state index is 12.3. The molecule has 8 heteroatoms. The Morgan fingerprint density at radius 2 is 1.69 bits per heavy atom. The molecule has 0 bridgehead atoms. The van der Waals surface area contributed by atoms with Crippen LogP contribution in [0, 0.1) is 6.92 Å². The van der Waals surface area contributed by atoms with Crippen LogP contribution in [0.3, 0.4) is 0 Å². The third-order valence-electron chi connectivity index (χ3n) is 4.74. The van der Waals surface area contributed by atoms with Gasteiger partial charge in [0, 0.05) is 5.69 Å². The fourth-order valence-electron chi connectivity index (χ4n) is 3.18. The number of aryl methyl sites for hydroxylation is 1. The molecule has 3 rings (SSSR count). The fraction of sp³-hybridized carbons (Fsp3) is 0.333. The second-order valence-electron chi connectivity index (χ2n) is 7.12. The van der Waals surface area contributed by atoms with Crippen molar-refractivity contribution >= 4 is 27.7 Å². The van der Waals surface area contributed by atoms with Crippen LogP contribution in [0.5, 0.6) is 0 Å². The number of rotatable bonds is 5. The molecular formula is C21H24N2O5S. The van der Waals surface area contributed by atoms with Crippen LogP contribution in [0.2, 0.25) is 0 Å². The molecule has 0 saturated heterocycles. The number of hydrogen-bond acceptors (Lipinski definition) is 5. The smallest absolute Gasteiger partial charge is 0.338 e. The van der Waals surface area contributed by atoms with E-state index in [2.05, 4.69) is 5.32 Å². The molecule has 29 heavy (non-hydrogen) atoms. The standard InChI is InChI=1S/C21H24N2O5S/c1-15-10-12-19(13-11-15)29(26,27)23-21(25)22-17-7-5-6-16(14-17)20(24)28-18-8-3-2-4-9-18/h5-7,10-14,18H,2-4,8-9H2,1H3,(H2,22,23,25). The minimum atomic E-state index is -4.00. The van der Waals surface area contributed by atoms with Gasteiger partial charge in [0.05, 0.1) is 10.5 Å². The van der Waals surface area contributed by atoms with Gasteiger partial charge < -0.3 is 10.1 Å². The number of carbonyl (C=O) groups is 2. The van der Waals surface area contributed by atoms with E-state index >= 15 is 0 Å². The molecule has 154 valence electrons. The quantitative estimate of drug-likeness (QED) is 0.718. The average Bonchev–Trinajstić information content (AvgIpc) is 2.69. The molecule has 0 radical (unpaired) electrons. The maximum atomic E-state index is 12.3. The van der Waals surface area contributed by atoms with Crippen molar-refractivity contribution in [3.8, 4) is 0 Å². The van der Waals surface area contributed by atoms with Crippen molar-refractivity contribution in [2.24, 2.45) is 0 Å². The number of esters is 1. The van der Waals surface area contributed by atoms with Gasteiger partial charge in [0.1, 0.15) is 6.10 Å². The average molecular weight is 416 g/mol. The number of anilines is 1. The molecule has 1 aliphatic carbocycles. The van der Waals surface area contributed by atoms with E-state index in [1.807, 2.05) is 11.6 Å². The van der Waals surface area contributed by atoms with Crippen molar-refractivity contribution < 1.29 is 22.7 Å². The van der Waals surface area contributed by atoms with Crippen molar-refractivity contribution in [3.05, 3.63) is 59.7 Å². The molecule has 1 saturated carbocycles. The molecule has 0 aromatic heterocycles. The largest absolute Gasteiger partial charge is 0.459 e. The summed E-state index contributed by atoms with van der Waals surface area (Å²) in [6, 6.07) is 11.4. The number of ether oxygens (including phenoxy) is 1. The summed E-state index contributed by atoms with van der Waals surface area (Å²) >= 11 is 0. The summed E-state index contributed by atoms with van der Waals surface area (Å²) in [7, 11) is -4.00. The second-order valence-corrected chi connectivity index (χ2v) is 8.80. The maximum Gasteiger partial charge on any atom is 0.338 e. The van der Waals surface area contributed by atoms with Gasteiger partial charge in [0.15, 0.2) is 0 Å². The lowest BCUT2D eigenvalue weighted by molar-refractivity contribution is 0.0211. The van der Waals surface area contributed by atoms with Crippen molar-refractivity contribution in [3.63, 3.8) is 0 Å². The zero-order chi connectivity index (χ0) is 20.9. The highest BCUT2D eigenvalue weighted by Gasteiger charge is 2.20. The van der Waals surface area contributed by atoms with Crippen molar-refractivity contribution in [1.29, 1.82) is 0 Å². The van der Waals surface area contributed by atoms with E-state index in [0.29, 0.717) is 11.3 Å². The predicted molar refractivity (Wildman–Crippen MR) is 109 cm³/mol. The molecule has 1 aliphatic rings. The van der Waals surface area contributed by atoms with Crippen LogP contribution in [0.4, 0.5) is 10.5 Å². The Hall–Kier alpha value is -2.87. The molecule has 2 N–H and O–H groups in total. The number of sulfonamides is 1. The first-order valence-corrected chi connectivity index (χ1v) is 11.0. The van der Waals surface area contributed by atoms with Gasteiger partial charge in [-0.1, -0.05) is 30.2 Å². The van der Waals surface area contributed by atoms with E-state index in [0.717, 1.165) is 37.7 Å². The van der Waals surface area contributed by atoms with Crippen molar-refractivity contribution in [2.75, 3.05) is 5.32 Å². The predicted octanol–water partition coefficient (Wildman–Crippen LogP) is 3.99. The second kappa shape index (κ2) is 9.09. The fourth-order valence-corrected chi connectivity index (χ4v) is 4.09. The van der Waals surface area contributed by atoms with Gasteiger partial charge in [-0.3, -0.25) is 0 Å². The SMILES string of the molecule is Cc1ccc(S(=O)(=O)NC(=O)Nc2cccc(C(=O)OC3CCCCC3)c2)cc1. The Morgan fingerprint density at radius 1 is 1.00 bits per heavy atom. The topological polar surface area (TPSA) is 102 Å². The highest BCUT2D eigenvalue weighted by molar-refractivity contribution is 7.90. The molecule has 0 aliphatic heterocycles.